The number of anilines is 1. The van der Waals surface area contributed by atoms with Gasteiger partial charge in [-0.2, -0.15) is 0 Å². The number of hydrogen-bond acceptors (Lipinski definition) is 3. The fraction of sp³-hybridized carbons (Fsp3) is 0.600. The molecule has 0 heterocycles. The van der Waals surface area contributed by atoms with Crippen LogP contribution in [0, 0.1) is 5.82 Å². The molecule has 2 N–H and O–H groups in total. The lowest BCUT2D eigenvalue weighted by Gasteiger charge is -2.26. The van der Waals surface area contributed by atoms with Crippen molar-refractivity contribution in [2.45, 2.75) is 44.3 Å². The van der Waals surface area contributed by atoms with Crippen LogP contribution in [0.5, 0.6) is 0 Å². The van der Waals surface area contributed by atoms with Crippen LogP contribution in [0.15, 0.2) is 18.2 Å². The number of nitrogens with one attached hydrogen (secondary N) is 1. The van der Waals surface area contributed by atoms with E-state index in [1.165, 1.54) is 31.7 Å². The number of benzene rings is 1. The summed E-state index contributed by atoms with van der Waals surface area (Å²) in [5.74, 6) is -0.184. The molecule has 0 saturated heterocycles. The van der Waals surface area contributed by atoms with Crippen molar-refractivity contribution in [1.82, 2.24) is 5.32 Å². The molecule has 0 unspecified atom stereocenters. The summed E-state index contributed by atoms with van der Waals surface area (Å²) < 4.78 is 13.5. The Hall–Kier alpha value is -1.13. The van der Waals surface area contributed by atoms with Crippen molar-refractivity contribution in [3.63, 3.8) is 0 Å². The molecule has 2 aliphatic rings. The van der Waals surface area contributed by atoms with Crippen LogP contribution in [0.3, 0.4) is 0 Å². The fourth-order valence-corrected chi connectivity index (χ4v) is 2.51. The number of rotatable bonds is 7. The normalized spacial score (nSPS) is 18.6. The summed E-state index contributed by atoms with van der Waals surface area (Å²) in [6.45, 7) is 1.49. The smallest absolute Gasteiger partial charge is 0.123 e. The average molecular weight is 264 g/mol. The zero-order valence-corrected chi connectivity index (χ0v) is 11.1. The molecule has 0 radical (unpaired) electrons. The molecule has 0 aliphatic heterocycles. The van der Waals surface area contributed by atoms with Crippen LogP contribution >= 0.6 is 0 Å². The van der Waals surface area contributed by atoms with Crippen LogP contribution in [0.1, 0.15) is 31.2 Å². The molecule has 2 saturated carbocycles. The molecule has 4 heteroatoms. The first-order valence-corrected chi connectivity index (χ1v) is 7.17. The van der Waals surface area contributed by atoms with E-state index in [1.807, 2.05) is 6.07 Å². The van der Waals surface area contributed by atoms with E-state index in [2.05, 4.69) is 10.2 Å². The Morgan fingerprint density at radius 3 is 2.68 bits per heavy atom. The Morgan fingerprint density at radius 2 is 2.05 bits per heavy atom. The second kappa shape index (κ2) is 5.47. The van der Waals surface area contributed by atoms with Crippen molar-refractivity contribution >= 4 is 5.69 Å². The van der Waals surface area contributed by atoms with Crippen molar-refractivity contribution in [2.75, 3.05) is 18.1 Å². The molecular weight excluding hydrogens is 243 g/mol. The van der Waals surface area contributed by atoms with E-state index in [0.29, 0.717) is 25.2 Å². The molecular formula is C15H21FN2O. The number of aliphatic hydroxyl groups excluding tert-OH is 1. The number of aliphatic hydroxyl groups is 1. The minimum atomic E-state index is -0.184. The molecule has 0 amide bonds. The zero-order valence-electron chi connectivity index (χ0n) is 11.1. The lowest BCUT2D eigenvalue weighted by molar-refractivity contribution is 0.301. The van der Waals surface area contributed by atoms with Crippen LogP contribution in [0.25, 0.3) is 0 Å². The van der Waals surface area contributed by atoms with Gasteiger partial charge in [0, 0.05) is 30.9 Å². The summed E-state index contributed by atoms with van der Waals surface area (Å²) in [6.07, 6.45) is 4.81. The van der Waals surface area contributed by atoms with Gasteiger partial charge >= 0.3 is 0 Å². The maximum atomic E-state index is 13.5. The van der Waals surface area contributed by atoms with Gasteiger partial charge < -0.3 is 15.3 Å². The van der Waals surface area contributed by atoms with Crippen molar-refractivity contribution in [1.29, 1.82) is 0 Å². The molecule has 0 spiro atoms. The highest BCUT2D eigenvalue weighted by molar-refractivity contribution is 5.55. The minimum Gasteiger partial charge on any atom is -0.395 e. The first-order valence-electron chi connectivity index (χ1n) is 7.17. The molecule has 0 atom stereocenters. The first-order chi connectivity index (χ1) is 9.28. The lowest BCUT2D eigenvalue weighted by Crippen LogP contribution is -2.30. The first kappa shape index (κ1) is 12.9. The van der Waals surface area contributed by atoms with E-state index in [0.717, 1.165) is 11.3 Å². The van der Waals surface area contributed by atoms with E-state index in [1.54, 1.807) is 6.07 Å². The standard InChI is InChI=1S/C15H21FN2O/c16-12-1-6-15(18(7-8-19)14-4-5-14)11(9-12)10-17-13-2-3-13/h1,6,9,13-14,17,19H,2-5,7-8,10H2. The van der Waals surface area contributed by atoms with Crippen LogP contribution in [0.4, 0.5) is 10.1 Å². The molecule has 0 bridgehead atoms. The number of nitrogens with zero attached hydrogens (tertiary/aromatic N) is 1. The average Bonchev–Trinajstić information content (AvgIpc) is 3.28. The Labute approximate surface area is 113 Å². The third kappa shape index (κ3) is 3.25. The molecule has 2 fully saturated rings. The third-order valence-corrected chi connectivity index (χ3v) is 3.84. The number of hydrogen-bond donors (Lipinski definition) is 2. The Balaban J connectivity index is 1.79. The molecule has 3 rings (SSSR count). The quantitative estimate of drug-likeness (QED) is 0.791. The second-order valence-corrected chi connectivity index (χ2v) is 5.58. The van der Waals surface area contributed by atoms with Crippen molar-refractivity contribution in [3.8, 4) is 0 Å². The summed E-state index contributed by atoms with van der Waals surface area (Å²) in [4.78, 5) is 2.23. The summed E-state index contributed by atoms with van der Waals surface area (Å²) in [7, 11) is 0. The molecule has 2 aliphatic carbocycles. The van der Waals surface area contributed by atoms with Crippen molar-refractivity contribution in [3.05, 3.63) is 29.6 Å². The van der Waals surface area contributed by atoms with E-state index >= 15 is 0 Å². The summed E-state index contributed by atoms with van der Waals surface area (Å²) >= 11 is 0. The van der Waals surface area contributed by atoms with E-state index in [9.17, 15) is 9.50 Å². The van der Waals surface area contributed by atoms with Crippen LogP contribution in [0.2, 0.25) is 0 Å². The minimum absolute atomic E-state index is 0.142. The Bertz CT molecular complexity index is 444. The van der Waals surface area contributed by atoms with Crippen LogP contribution in [-0.2, 0) is 6.54 Å². The third-order valence-electron chi connectivity index (χ3n) is 3.84. The van der Waals surface area contributed by atoms with Gasteiger partial charge in [0.25, 0.3) is 0 Å². The van der Waals surface area contributed by atoms with E-state index in [-0.39, 0.29) is 12.4 Å². The SMILES string of the molecule is OCCN(c1ccc(F)cc1CNC1CC1)C1CC1. The van der Waals surface area contributed by atoms with Gasteiger partial charge in [-0.05, 0) is 49.4 Å². The van der Waals surface area contributed by atoms with Crippen molar-refractivity contribution < 1.29 is 9.50 Å². The summed E-state index contributed by atoms with van der Waals surface area (Å²) in [6, 6.07) is 6.13. The zero-order chi connectivity index (χ0) is 13.2. The predicted molar refractivity (Wildman–Crippen MR) is 73.7 cm³/mol. The molecule has 1 aromatic carbocycles. The monoisotopic (exact) mass is 264 g/mol. The molecule has 19 heavy (non-hydrogen) atoms. The molecule has 104 valence electrons. The maximum Gasteiger partial charge on any atom is 0.123 e. The topological polar surface area (TPSA) is 35.5 Å². The highest BCUT2D eigenvalue weighted by atomic mass is 19.1. The van der Waals surface area contributed by atoms with Gasteiger partial charge in [-0.15, -0.1) is 0 Å². The maximum absolute atomic E-state index is 13.5. The molecule has 0 aromatic heterocycles. The number of halogens is 1. The molecule has 3 nitrogen and oxygen atoms in total. The van der Waals surface area contributed by atoms with Gasteiger partial charge in [0.15, 0.2) is 0 Å². The van der Waals surface area contributed by atoms with Gasteiger partial charge in [0.1, 0.15) is 5.82 Å². The van der Waals surface area contributed by atoms with E-state index in [4.69, 9.17) is 0 Å². The summed E-state index contributed by atoms with van der Waals surface area (Å²) in [5, 5.41) is 12.7. The fourth-order valence-electron chi connectivity index (χ4n) is 2.51. The van der Waals surface area contributed by atoms with Gasteiger partial charge in [0.2, 0.25) is 0 Å². The van der Waals surface area contributed by atoms with Crippen LogP contribution in [-0.4, -0.2) is 30.3 Å². The van der Waals surface area contributed by atoms with Crippen molar-refractivity contribution in [2.24, 2.45) is 0 Å². The summed E-state index contributed by atoms with van der Waals surface area (Å²) in [5.41, 5.74) is 2.08. The van der Waals surface area contributed by atoms with Gasteiger partial charge in [-0.1, -0.05) is 0 Å². The lowest BCUT2D eigenvalue weighted by atomic mass is 10.1. The van der Waals surface area contributed by atoms with Gasteiger partial charge in [-0.25, -0.2) is 4.39 Å². The largest absolute Gasteiger partial charge is 0.395 e. The Morgan fingerprint density at radius 1 is 1.26 bits per heavy atom. The van der Waals surface area contributed by atoms with Gasteiger partial charge in [0.05, 0.1) is 6.61 Å². The van der Waals surface area contributed by atoms with Gasteiger partial charge in [-0.3, -0.25) is 0 Å². The second-order valence-electron chi connectivity index (χ2n) is 5.58. The highest BCUT2D eigenvalue weighted by Gasteiger charge is 2.30. The predicted octanol–water partition coefficient (Wildman–Crippen LogP) is 2.04. The van der Waals surface area contributed by atoms with Crippen LogP contribution < -0.4 is 10.2 Å². The Kier molecular flexibility index (Phi) is 3.71. The molecule has 1 aromatic rings. The highest BCUT2D eigenvalue weighted by Crippen LogP contribution is 2.34. The van der Waals surface area contributed by atoms with E-state index < -0.39 is 0 Å².